The lowest BCUT2D eigenvalue weighted by Gasteiger charge is -2.42. The van der Waals surface area contributed by atoms with Crippen LogP contribution in [-0.4, -0.2) is 76.1 Å². The summed E-state index contributed by atoms with van der Waals surface area (Å²) < 4.78 is 11.2. The predicted octanol–water partition coefficient (Wildman–Crippen LogP) is 1.52. The highest BCUT2D eigenvalue weighted by atomic mass is 16.6. The third-order valence-corrected chi connectivity index (χ3v) is 5.32. The highest BCUT2D eigenvalue weighted by Gasteiger charge is 2.50. The molecule has 9 nitrogen and oxygen atoms in total. The van der Waals surface area contributed by atoms with Crippen molar-refractivity contribution in [1.29, 1.82) is 0 Å². The van der Waals surface area contributed by atoms with Gasteiger partial charge in [0.2, 0.25) is 0 Å². The van der Waals surface area contributed by atoms with E-state index in [1.165, 1.54) is 4.90 Å². The molecule has 2 amide bonds. The molecule has 1 saturated heterocycles. The zero-order valence-electron chi connectivity index (χ0n) is 16.3. The van der Waals surface area contributed by atoms with Crippen LogP contribution in [0.25, 0.3) is 0 Å². The SMILES string of the molecule is CC(C)(C)OC(=O)N[C@@H]1C[C@H](OCCC(O)O)CC12CCN(C(=O)O)CC2. The molecular weight excluding hydrogens is 356 g/mol. The molecule has 0 unspecified atom stereocenters. The van der Waals surface area contributed by atoms with Crippen LogP contribution >= 0.6 is 0 Å². The quantitative estimate of drug-likeness (QED) is 0.526. The molecule has 4 N–H and O–H groups in total. The minimum Gasteiger partial charge on any atom is -0.465 e. The number of aliphatic hydroxyl groups excluding tert-OH is 1. The lowest BCUT2D eigenvalue weighted by molar-refractivity contribution is -0.0700. The second-order valence-corrected chi connectivity index (χ2v) is 8.53. The van der Waals surface area contributed by atoms with Crippen LogP contribution in [0.15, 0.2) is 0 Å². The number of aliphatic hydroxyl groups is 2. The van der Waals surface area contributed by atoms with E-state index in [1.54, 1.807) is 20.8 Å². The summed E-state index contributed by atoms with van der Waals surface area (Å²) in [5.41, 5.74) is -0.846. The number of carbonyl (C=O) groups excluding carboxylic acids is 1. The second-order valence-electron chi connectivity index (χ2n) is 8.53. The molecule has 0 aromatic rings. The van der Waals surface area contributed by atoms with Crippen molar-refractivity contribution in [2.45, 2.75) is 76.9 Å². The van der Waals surface area contributed by atoms with Gasteiger partial charge in [-0.15, -0.1) is 0 Å². The first-order valence-corrected chi connectivity index (χ1v) is 9.46. The molecule has 0 aromatic carbocycles. The Morgan fingerprint density at radius 2 is 1.89 bits per heavy atom. The van der Waals surface area contributed by atoms with Gasteiger partial charge >= 0.3 is 12.2 Å². The minimum atomic E-state index is -1.41. The standard InChI is InChI=1S/C18H32N2O7/c1-17(2,3)27-15(23)19-13-10-12(26-9-4-14(21)22)11-18(13)5-7-20(8-6-18)16(24)25/h12-14,21-22H,4-11H2,1-3H3,(H,19,23)(H,24,25)/t12-,13+/m0/s1. The minimum absolute atomic E-state index is 0.125. The summed E-state index contributed by atoms with van der Waals surface area (Å²) in [7, 11) is 0. The molecule has 2 aliphatic rings. The number of ether oxygens (including phenoxy) is 2. The maximum Gasteiger partial charge on any atom is 0.407 e. The number of hydrogen-bond acceptors (Lipinski definition) is 6. The molecule has 9 heteroatoms. The Labute approximate surface area is 159 Å². The van der Waals surface area contributed by atoms with Crippen LogP contribution < -0.4 is 5.32 Å². The highest BCUT2D eigenvalue weighted by molar-refractivity contribution is 5.68. The van der Waals surface area contributed by atoms with Crippen LogP contribution in [0.4, 0.5) is 9.59 Å². The Bertz CT molecular complexity index is 524. The number of carboxylic acid groups (broad SMARTS) is 1. The predicted molar refractivity (Wildman–Crippen MR) is 96.2 cm³/mol. The maximum atomic E-state index is 12.3. The van der Waals surface area contributed by atoms with Crippen molar-refractivity contribution >= 4 is 12.2 Å². The van der Waals surface area contributed by atoms with Gasteiger partial charge in [0.1, 0.15) is 5.60 Å². The number of nitrogens with zero attached hydrogens (tertiary/aromatic N) is 1. The van der Waals surface area contributed by atoms with Crippen LogP contribution in [0.3, 0.4) is 0 Å². The topological polar surface area (TPSA) is 129 Å². The van der Waals surface area contributed by atoms with Gasteiger partial charge < -0.3 is 35.0 Å². The van der Waals surface area contributed by atoms with Gasteiger partial charge in [0.15, 0.2) is 6.29 Å². The van der Waals surface area contributed by atoms with E-state index in [0.717, 1.165) is 0 Å². The van der Waals surface area contributed by atoms with Crippen molar-refractivity contribution < 1.29 is 34.4 Å². The van der Waals surface area contributed by atoms with Crippen molar-refractivity contribution in [3.05, 3.63) is 0 Å². The van der Waals surface area contributed by atoms with Gasteiger partial charge in [-0.05, 0) is 51.9 Å². The van der Waals surface area contributed by atoms with Crippen molar-refractivity contribution in [2.24, 2.45) is 5.41 Å². The van der Waals surface area contributed by atoms with Crippen LogP contribution in [0, 0.1) is 5.41 Å². The van der Waals surface area contributed by atoms with Gasteiger partial charge in [-0.25, -0.2) is 9.59 Å². The maximum absolute atomic E-state index is 12.3. The Hall–Kier alpha value is -1.58. The van der Waals surface area contributed by atoms with Gasteiger partial charge in [-0.3, -0.25) is 0 Å². The van der Waals surface area contributed by atoms with E-state index in [2.05, 4.69) is 5.32 Å². The van der Waals surface area contributed by atoms with E-state index in [-0.39, 0.29) is 30.6 Å². The number of alkyl carbamates (subject to hydrolysis) is 1. The Kier molecular flexibility index (Phi) is 6.93. The van der Waals surface area contributed by atoms with Crippen molar-refractivity contribution in [1.82, 2.24) is 10.2 Å². The molecule has 0 radical (unpaired) electrons. The third-order valence-electron chi connectivity index (χ3n) is 5.32. The van der Waals surface area contributed by atoms with Gasteiger partial charge in [0.05, 0.1) is 12.7 Å². The summed E-state index contributed by atoms with van der Waals surface area (Å²) in [5.74, 6) is 0. The first-order chi connectivity index (χ1) is 12.5. The smallest absolute Gasteiger partial charge is 0.407 e. The summed E-state index contributed by atoms with van der Waals surface area (Å²) in [6.07, 6.45) is -0.251. The van der Waals surface area contributed by atoms with Crippen LogP contribution in [0.5, 0.6) is 0 Å². The van der Waals surface area contributed by atoms with E-state index in [0.29, 0.717) is 38.8 Å². The van der Waals surface area contributed by atoms with Crippen molar-refractivity contribution in [3.8, 4) is 0 Å². The van der Waals surface area contributed by atoms with Gasteiger partial charge in [-0.2, -0.15) is 0 Å². The molecule has 1 aliphatic carbocycles. The summed E-state index contributed by atoms with van der Waals surface area (Å²) in [4.78, 5) is 24.9. The monoisotopic (exact) mass is 388 g/mol. The fourth-order valence-electron chi connectivity index (χ4n) is 4.02. The van der Waals surface area contributed by atoms with E-state index >= 15 is 0 Å². The number of amides is 2. The molecule has 1 spiro atoms. The zero-order chi connectivity index (χ0) is 20.2. The highest BCUT2D eigenvalue weighted by Crippen LogP contribution is 2.47. The van der Waals surface area contributed by atoms with Crippen LogP contribution in [-0.2, 0) is 9.47 Å². The van der Waals surface area contributed by atoms with Crippen LogP contribution in [0.1, 0.15) is 52.9 Å². The zero-order valence-corrected chi connectivity index (χ0v) is 16.3. The number of rotatable bonds is 5. The lowest BCUT2D eigenvalue weighted by atomic mass is 9.74. The molecule has 156 valence electrons. The van der Waals surface area contributed by atoms with Gasteiger partial charge in [0, 0.05) is 25.6 Å². The summed E-state index contributed by atoms with van der Waals surface area (Å²) in [6.45, 7) is 6.46. The molecule has 1 saturated carbocycles. The molecular formula is C18H32N2O7. The summed E-state index contributed by atoms with van der Waals surface area (Å²) >= 11 is 0. The number of hydrogen-bond donors (Lipinski definition) is 4. The first kappa shape index (κ1) is 21.7. The Balaban J connectivity index is 2.03. The third kappa shape index (κ3) is 6.22. The Morgan fingerprint density at radius 1 is 1.26 bits per heavy atom. The van der Waals surface area contributed by atoms with Gasteiger partial charge in [-0.1, -0.05) is 0 Å². The fraction of sp³-hybridized carbons (Fsp3) is 0.889. The molecule has 0 bridgehead atoms. The number of piperidine rings is 1. The van der Waals surface area contributed by atoms with E-state index < -0.39 is 24.1 Å². The molecule has 1 heterocycles. The average molecular weight is 388 g/mol. The van der Waals surface area contributed by atoms with Crippen molar-refractivity contribution in [3.63, 3.8) is 0 Å². The molecule has 0 aromatic heterocycles. The molecule has 1 aliphatic heterocycles. The van der Waals surface area contributed by atoms with Gasteiger partial charge in [0.25, 0.3) is 0 Å². The second kappa shape index (κ2) is 8.62. The van der Waals surface area contributed by atoms with E-state index in [1.807, 2.05) is 0 Å². The molecule has 2 atom stereocenters. The number of likely N-dealkylation sites (tertiary alicyclic amines) is 1. The first-order valence-electron chi connectivity index (χ1n) is 9.46. The molecule has 27 heavy (non-hydrogen) atoms. The number of carbonyl (C=O) groups is 2. The normalized spacial score (nSPS) is 25.0. The summed E-state index contributed by atoms with van der Waals surface area (Å²) in [6, 6.07) is -0.174. The van der Waals surface area contributed by atoms with E-state index in [4.69, 9.17) is 19.7 Å². The number of nitrogens with one attached hydrogen (secondary N) is 1. The molecule has 2 fully saturated rings. The fourth-order valence-corrected chi connectivity index (χ4v) is 4.02. The van der Waals surface area contributed by atoms with Crippen LogP contribution in [0.2, 0.25) is 0 Å². The lowest BCUT2D eigenvalue weighted by Crippen LogP contribution is -2.51. The van der Waals surface area contributed by atoms with E-state index in [9.17, 15) is 14.7 Å². The summed E-state index contributed by atoms with van der Waals surface area (Å²) in [5, 5.41) is 30.1. The average Bonchev–Trinajstić information content (AvgIpc) is 2.82. The Morgan fingerprint density at radius 3 is 2.41 bits per heavy atom. The van der Waals surface area contributed by atoms with Crippen molar-refractivity contribution in [2.75, 3.05) is 19.7 Å². The molecule has 2 rings (SSSR count). The largest absolute Gasteiger partial charge is 0.465 e.